The highest BCUT2D eigenvalue weighted by molar-refractivity contribution is 7.98. The largest absolute Gasteiger partial charge is 0.325 e. The van der Waals surface area contributed by atoms with E-state index in [2.05, 4.69) is 27.7 Å². The summed E-state index contributed by atoms with van der Waals surface area (Å²) in [5.74, 6) is 0.100. The number of hydrogen-bond donors (Lipinski definition) is 1. The zero-order chi connectivity index (χ0) is 16.1. The van der Waals surface area contributed by atoms with Gasteiger partial charge in [-0.2, -0.15) is 0 Å². The fourth-order valence-corrected chi connectivity index (χ4v) is 4.55. The summed E-state index contributed by atoms with van der Waals surface area (Å²) in [7, 11) is 0. The fourth-order valence-electron chi connectivity index (χ4n) is 3.10. The molecule has 1 N–H and O–H groups in total. The Labute approximate surface area is 146 Å². The number of amides is 1. The standard InChI is InChI=1S/C18H22N2OS2/c1-22-16-8-3-2-6-14(16)19-18(21)10-12-20-11-4-7-15(20)17-9-5-13-23-17/h2-3,5-6,8-9,13,15H,4,7,10-12H2,1H3,(H,19,21). The first kappa shape index (κ1) is 16.6. The molecule has 5 heteroatoms. The third-order valence-electron chi connectivity index (χ3n) is 4.24. The highest BCUT2D eigenvalue weighted by atomic mass is 32.2. The SMILES string of the molecule is CSc1ccccc1NC(=O)CCN1CCCC1c1cccs1. The van der Waals surface area contributed by atoms with Gasteiger partial charge in [0.1, 0.15) is 0 Å². The van der Waals surface area contributed by atoms with Crippen molar-refractivity contribution in [3.8, 4) is 0 Å². The van der Waals surface area contributed by atoms with E-state index in [4.69, 9.17) is 0 Å². The molecule has 0 aliphatic carbocycles. The highest BCUT2D eigenvalue weighted by Crippen LogP contribution is 2.34. The van der Waals surface area contributed by atoms with Crippen LogP contribution in [0.2, 0.25) is 0 Å². The van der Waals surface area contributed by atoms with Gasteiger partial charge < -0.3 is 5.32 Å². The lowest BCUT2D eigenvalue weighted by molar-refractivity contribution is -0.116. The summed E-state index contributed by atoms with van der Waals surface area (Å²) in [6.45, 7) is 1.92. The van der Waals surface area contributed by atoms with Crippen LogP contribution < -0.4 is 5.32 Å². The lowest BCUT2D eigenvalue weighted by Crippen LogP contribution is -2.27. The molecule has 1 aliphatic rings. The first-order valence-electron chi connectivity index (χ1n) is 7.98. The van der Waals surface area contributed by atoms with Crippen LogP contribution in [-0.2, 0) is 4.79 Å². The van der Waals surface area contributed by atoms with Crippen molar-refractivity contribution < 1.29 is 4.79 Å². The Balaban J connectivity index is 1.54. The minimum Gasteiger partial charge on any atom is -0.325 e. The van der Waals surface area contributed by atoms with Crippen LogP contribution in [0.15, 0.2) is 46.7 Å². The fraction of sp³-hybridized carbons (Fsp3) is 0.389. The maximum Gasteiger partial charge on any atom is 0.225 e. The second-order valence-corrected chi connectivity index (χ2v) is 7.54. The maximum absolute atomic E-state index is 12.3. The van der Waals surface area contributed by atoms with Crippen LogP contribution in [0.1, 0.15) is 30.2 Å². The van der Waals surface area contributed by atoms with Gasteiger partial charge in [0.05, 0.1) is 5.69 Å². The molecule has 1 fully saturated rings. The molecule has 1 atom stereocenters. The summed E-state index contributed by atoms with van der Waals surface area (Å²) in [6, 6.07) is 12.8. The number of nitrogens with zero attached hydrogens (tertiary/aromatic N) is 1. The molecule has 0 radical (unpaired) electrons. The zero-order valence-electron chi connectivity index (χ0n) is 13.3. The van der Waals surface area contributed by atoms with Crippen LogP contribution in [0.25, 0.3) is 0 Å². The first-order chi connectivity index (χ1) is 11.3. The quantitative estimate of drug-likeness (QED) is 0.774. The van der Waals surface area contributed by atoms with E-state index in [1.54, 1.807) is 11.8 Å². The van der Waals surface area contributed by atoms with E-state index in [9.17, 15) is 4.79 Å². The van der Waals surface area contributed by atoms with Crippen LogP contribution >= 0.6 is 23.1 Å². The number of carbonyl (C=O) groups excluding carboxylic acids is 1. The van der Waals surface area contributed by atoms with E-state index in [1.165, 1.54) is 17.7 Å². The number of likely N-dealkylation sites (tertiary alicyclic amines) is 1. The van der Waals surface area contributed by atoms with Crippen molar-refractivity contribution >= 4 is 34.7 Å². The van der Waals surface area contributed by atoms with Gasteiger partial charge in [0.2, 0.25) is 5.91 Å². The second kappa shape index (κ2) is 7.99. The molecule has 1 aromatic heterocycles. The number of hydrogen-bond acceptors (Lipinski definition) is 4. The van der Waals surface area contributed by atoms with Crippen molar-refractivity contribution in [2.45, 2.75) is 30.2 Å². The predicted octanol–water partition coefficient (Wildman–Crippen LogP) is 4.64. The van der Waals surface area contributed by atoms with Crippen molar-refractivity contribution in [3.05, 3.63) is 46.7 Å². The van der Waals surface area contributed by atoms with Gasteiger partial charge in [-0.05, 0) is 49.2 Å². The predicted molar refractivity (Wildman–Crippen MR) is 99.3 cm³/mol. The van der Waals surface area contributed by atoms with Crippen molar-refractivity contribution in [2.24, 2.45) is 0 Å². The molecule has 122 valence electrons. The topological polar surface area (TPSA) is 32.3 Å². The Morgan fingerprint density at radius 1 is 1.35 bits per heavy atom. The monoisotopic (exact) mass is 346 g/mol. The van der Waals surface area contributed by atoms with Crippen LogP contribution in [0.4, 0.5) is 5.69 Å². The molecular formula is C18H22N2OS2. The number of thioether (sulfide) groups is 1. The normalized spacial score (nSPS) is 18.2. The molecule has 1 unspecified atom stereocenters. The number of benzene rings is 1. The van der Waals surface area contributed by atoms with Crippen molar-refractivity contribution in [1.29, 1.82) is 0 Å². The maximum atomic E-state index is 12.3. The molecule has 1 aromatic carbocycles. The van der Waals surface area contributed by atoms with Gasteiger partial charge in [0, 0.05) is 28.8 Å². The average molecular weight is 347 g/mol. The Bertz CT molecular complexity index is 642. The summed E-state index contributed by atoms with van der Waals surface area (Å²) in [5, 5.41) is 5.19. The lowest BCUT2D eigenvalue weighted by Gasteiger charge is -2.23. The van der Waals surface area contributed by atoms with Crippen LogP contribution in [0.5, 0.6) is 0 Å². The number of carbonyl (C=O) groups is 1. The molecule has 1 aliphatic heterocycles. The van der Waals surface area contributed by atoms with Gasteiger partial charge in [-0.1, -0.05) is 18.2 Å². The molecular weight excluding hydrogens is 324 g/mol. The molecule has 23 heavy (non-hydrogen) atoms. The third kappa shape index (κ3) is 4.16. The zero-order valence-corrected chi connectivity index (χ0v) is 15.0. The van der Waals surface area contributed by atoms with E-state index in [-0.39, 0.29) is 5.91 Å². The Morgan fingerprint density at radius 2 is 2.22 bits per heavy atom. The molecule has 0 saturated carbocycles. The summed E-state index contributed by atoms with van der Waals surface area (Å²) in [6.07, 6.45) is 5.00. The highest BCUT2D eigenvalue weighted by Gasteiger charge is 2.26. The van der Waals surface area contributed by atoms with E-state index in [0.29, 0.717) is 12.5 Å². The molecule has 3 nitrogen and oxygen atoms in total. The summed E-state index contributed by atoms with van der Waals surface area (Å²) < 4.78 is 0. The average Bonchev–Trinajstić information content (AvgIpc) is 3.24. The molecule has 1 amide bonds. The first-order valence-corrected chi connectivity index (χ1v) is 10.1. The van der Waals surface area contributed by atoms with Gasteiger partial charge in [-0.25, -0.2) is 0 Å². The number of para-hydroxylation sites is 1. The summed E-state index contributed by atoms with van der Waals surface area (Å²) >= 11 is 3.48. The smallest absolute Gasteiger partial charge is 0.225 e. The Hall–Kier alpha value is -1.30. The minimum absolute atomic E-state index is 0.100. The Morgan fingerprint density at radius 3 is 3.00 bits per heavy atom. The van der Waals surface area contributed by atoms with Crippen LogP contribution in [-0.4, -0.2) is 30.2 Å². The van der Waals surface area contributed by atoms with Crippen molar-refractivity contribution in [1.82, 2.24) is 4.90 Å². The number of rotatable bonds is 6. The number of nitrogens with one attached hydrogen (secondary N) is 1. The second-order valence-electron chi connectivity index (χ2n) is 5.71. The molecule has 2 aromatic rings. The van der Waals surface area contributed by atoms with Gasteiger partial charge in [0.15, 0.2) is 0 Å². The van der Waals surface area contributed by atoms with Crippen molar-refractivity contribution in [3.63, 3.8) is 0 Å². The minimum atomic E-state index is 0.100. The van der Waals surface area contributed by atoms with Crippen LogP contribution in [0, 0.1) is 0 Å². The number of thiophene rings is 1. The van der Waals surface area contributed by atoms with Gasteiger partial charge in [-0.15, -0.1) is 23.1 Å². The molecule has 0 spiro atoms. The molecule has 0 bridgehead atoms. The number of anilines is 1. The molecule has 3 rings (SSSR count). The third-order valence-corrected chi connectivity index (χ3v) is 6.01. The molecule has 1 saturated heterocycles. The van der Waals surface area contributed by atoms with E-state index in [1.807, 2.05) is 41.9 Å². The molecule has 2 heterocycles. The van der Waals surface area contributed by atoms with Crippen LogP contribution in [0.3, 0.4) is 0 Å². The Kier molecular flexibility index (Phi) is 5.75. The van der Waals surface area contributed by atoms with Gasteiger partial charge in [-0.3, -0.25) is 9.69 Å². The van der Waals surface area contributed by atoms with E-state index in [0.717, 1.165) is 23.7 Å². The van der Waals surface area contributed by atoms with E-state index < -0.39 is 0 Å². The lowest BCUT2D eigenvalue weighted by atomic mass is 10.2. The van der Waals surface area contributed by atoms with Gasteiger partial charge in [0.25, 0.3) is 0 Å². The van der Waals surface area contributed by atoms with Gasteiger partial charge >= 0.3 is 0 Å². The summed E-state index contributed by atoms with van der Waals surface area (Å²) in [4.78, 5) is 17.3. The van der Waals surface area contributed by atoms with Crippen molar-refractivity contribution in [2.75, 3.05) is 24.7 Å². The summed E-state index contributed by atoms with van der Waals surface area (Å²) in [5.41, 5.74) is 0.918. The van der Waals surface area contributed by atoms with E-state index >= 15 is 0 Å².